The quantitative estimate of drug-likeness (QED) is 0.648. The molecule has 1 heterocycles. The average molecular weight is 264 g/mol. The zero-order valence-electron chi connectivity index (χ0n) is 10.7. The number of carbonyl (C=O) groups excluding carboxylic acids is 1. The Balaban J connectivity index is 2.23. The smallest absolute Gasteiger partial charge is 0.270 e. The van der Waals surface area contributed by atoms with Gasteiger partial charge in [0.05, 0.1) is 11.0 Å². The van der Waals surface area contributed by atoms with E-state index in [1.807, 2.05) is 0 Å². The number of benzene rings is 1. The Bertz CT molecular complexity index is 507. The van der Waals surface area contributed by atoms with Crippen LogP contribution in [0.2, 0.25) is 0 Å². The van der Waals surface area contributed by atoms with E-state index in [1.165, 1.54) is 12.1 Å². The summed E-state index contributed by atoms with van der Waals surface area (Å²) in [7, 11) is 0. The molecule has 1 aromatic rings. The van der Waals surface area contributed by atoms with Crippen molar-refractivity contribution in [3.63, 3.8) is 0 Å². The van der Waals surface area contributed by atoms with Crippen molar-refractivity contribution >= 4 is 11.6 Å². The summed E-state index contributed by atoms with van der Waals surface area (Å²) in [6, 6.07) is 4.30. The molecule has 1 amide bonds. The number of aliphatic hydroxyl groups is 1. The molecule has 2 rings (SSSR count). The van der Waals surface area contributed by atoms with Crippen LogP contribution in [0.15, 0.2) is 18.2 Å². The summed E-state index contributed by atoms with van der Waals surface area (Å²) in [4.78, 5) is 24.2. The number of likely N-dealkylation sites (tertiary alicyclic amines) is 1. The van der Waals surface area contributed by atoms with Crippen molar-refractivity contribution in [1.29, 1.82) is 0 Å². The number of nitro groups is 1. The van der Waals surface area contributed by atoms with E-state index in [-0.39, 0.29) is 17.7 Å². The Labute approximate surface area is 110 Å². The molecule has 0 radical (unpaired) electrons. The van der Waals surface area contributed by atoms with Crippen molar-refractivity contribution in [2.45, 2.75) is 25.9 Å². The highest BCUT2D eigenvalue weighted by molar-refractivity contribution is 5.96. The van der Waals surface area contributed by atoms with Crippen molar-refractivity contribution < 1.29 is 14.8 Å². The van der Waals surface area contributed by atoms with Crippen LogP contribution < -0.4 is 0 Å². The third-order valence-corrected chi connectivity index (χ3v) is 3.41. The lowest BCUT2D eigenvalue weighted by Gasteiger charge is -2.30. The Hall–Kier alpha value is -1.95. The van der Waals surface area contributed by atoms with E-state index in [4.69, 9.17) is 0 Å². The largest absolute Gasteiger partial charge is 0.393 e. The Morgan fingerprint density at radius 3 is 2.63 bits per heavy atom. The second-order valence-corrected chi connectivity index (χ2v) is 4.78. The second kappa shape index (κ2) is 5.36. The number of hydrogen-bond acceptors (Lipinski definition) is 4. The third-order valence-electron chi connectivity index (χ3n) is 3.41. The van der Waals surface area contributed by atoms with Crippen LogP contribution in [0.3, 0.4) is 0 Å². The van der Waals surface area contributed by atoms with Crippen LogP contribution >= 0.6 is 0 Å². The van der Waals surface area contributed by atoms with Crippen LogP contribution in [0.5, 0.6) is 0 Å². The Kier molecular flexibility index (Phi) is 3.80. The summed E-state index contributed by atoms with van der Waals surface area (Å²) in [6.45, 7) is 2.74. The number of rotatable bonds is 2. The molecule has 0 aromatic heterocycles. The van der Waals surface area contributed by atoms with E-state index < -0.39 is 4.92 Å². The van der Waals surface area contributed by atoms with Gasteiger partial charge in [0.15, 0.2) is 0 Å². The van der Waals surface area contributed by atoms with Crippen molar-refractivity contribution in [1.82, 2.24) is 4.90 Å². The number of aryl methyl sites for hydroxylation is 1. The van der Waals surface area contributed by atoms with Crippen molar-refractivity contribution in [3.05, 3.63) is 39.4 Å². The standard InChI is InChI=1S/C13H16N2O4/c1-9-2-3-10(15(18)19)8-12(9)13(17)14-6-4-11(16)5-7-14/h2-3,8,11,16H,4-7H2,1H3. The first-order valence-corrected chi connectivity index (χ1v) is 6.21. The molecule has 1 aliphatic rings. The Morgan fingerprint density at radius 2 is 2.05 bits per heavy atom. The predicted octanol–water partition coefficient (Wildman–Crippen LogP) is 1.50. The summed E-state index contributed by atoms with van der Waals surface area (Å²) in [5.41, 5.74) is 1.01. The lowest BCUT2D eigenvalue weighted by molar-refractivity contribution is -0.384. The molecular weight excluding hydrogens is 248 g/mol. The number of amides is 1. The molecule has 1 saturated heterocycles. The molecule has 0 bridgehead atoms. The number of piperidine rings is 1. The molecule has 19 heavy (non-hydrogen) atoms. The summed E-state index contributed by atoms with van der Waals surface area (Å²) < 4.78 is 0. The summed E-state index contributed by atoms with van der Waals surface area (Å²) in [6.07, 6.45) is 0.759. The molecule has 0 spiro atoms. The zero-order valence-corrected chi connectivity index (χ0v) is 10.7. The van der Waals surface area contributed by atoms with Gasteiger partial charge in [0.1, 0.15) is 0 Å². The van der Waals surface area contributed by atoms with E-state index in [9.17, 15) is 20.0 Å². The molecule has 1 aromatic carbocycles. The van der Waals surface area contributed by atoms with Gasteiger partial charge in [-0.15, -0.1) is 0 Å². The van der Waals surface area contributed by atoms with Gasteiger partial charge >= 0.3 is 0 Å². The minimum Gasteiger partial charge on any atom is -0.393 e. The topological polar surface area (TPSA) is 83.7 Å². The van der Waals surface area contributed by atoms with Crippen LogP contribution in [-0.2, 0) is 0 Å². The fourth-order valence-corrected chi connectivity index (χ4v) is 2.19. The number of hydrogen-bond donors (Lipinski definition) is 1. The fraction of sp³-hybridized carbons (Fsp3) is 0.462. The first-order valence-electron chi connectivity index (χ1n) is 6.21. The van der Waals surface area contributed by atoms with Gasteiger partial charge in [0.25, 0.3) is 11.6 Å². The molecule has 0 unspecified atom stereocenters. The van der Waals surface area contributed by atoms with E-state index in [0.29, 0.717) is 31.5 Å². The van der Waals surface area contributed by atoms with Crippen molar-refractivity contribution in [2.24, 2.45) is 0 Å². The maximum atomic E-state index is 12.3. The van der Waals surface area contributed by atoms with Crippen LogP contribution in [0.1, 0.15) is 28.8 Å². The number of non-ortho nitro benzene ring substituents is 1. The van der Waals surface area contributed by atoms with E-state index in [2.05, 4.69) is 0 Å². The van der Waals surface area contributed by atoms with Gasteiger partial charge in [0.2, 0.25) is 0 Å². The minimum absolute atomic E-state index is 0.0778. The fourth-order valence-electron chi connectivity index (χ4n) is 2.19. The molecule has 0 saturated carbocycles. The van der Waals surface area contributed by atoms with Gasteiger partial charge in [-0.2, -0.15) is 0 Å². The van der Waals surface area contributed by atoms with Crippen LogP contribution in [-0.4, -0.2) is 40.0 Å². The highest BCUT2D eigenvalue weighted by atomic mass is 16.6. The van der Waals surface area contributed by atoms with Gasteiger partial charge in [-0.3, -0.25) is 14.9 Å². The molecule has 102 valence electrons. The van der Waals surface area contributed by atoms with Crippen molar-refractivity contribution in [3.8, 4) is 0 Å². The zero-order chi connectivity index (χ0) is 14.0. The first-order chi connectivity index (χ1) is 8.99. The van der Waals surface area contributed by atoms with Gasteiger partial charge in [-0.1, -0.05) is 6.07 Å². The molecule has 1 aliphatic heterocycles. The Morgan fingerprint density at radius 1 is 1.42 bits per heavy atom. The van der Waals surface area contributed by atoms with Crippen LogP contribution in [0.25, 0.3) is 0 Å². The second-order valence-electron chi connectivity index (χ2n) is 4.78. The normalized spacial score (nSPS) is 16.4. The van der Waals surface area contributed by atoms with E-state index in [0.717, 1.165) is 5.56 Å². The lowest BCUT2D eigenvalue weighted by atomic mass is 10.0. The van der Waals surface area contributed by atoms with E-state index >= 15 is 0 Å². The number of nitrogens with zero attached hydrogens (tertiary/aromatic N) is 2. The lowest BCUT2D eigenvalue weighted by Crippen LogP contribution is -2.40. The number of aliphatic hydroxyl groups excluding tert-OH is 1. The minimum atomic E-state index is -0.504. The number of carbonyl (C=O) groups is 1. The van der Waals surface area contributed by atoms with Gasteiger partial charge in [0, 0.05) is 30.8 Å². The first kappa shape index (κ1) is 13.5. The predicted molar refractivity (Wildman–Crippen MR) is 69.0 cm³/mol. The molecule has 0 atom stereocenters. The van der Waals surface area contributed by atoms with Crippen LogP contribution in [0.4, 0.5) is 5.69 Å². The van der Waals surface area contributed by atoms with Gasteiger partial charge in [-0.25, -0.2) is 0 Å². The number of nitro benzene ring substituents is 1. The van der Waals surface area contributed by atoms with Gasteiger partial charge < -0.3 is 10.0 Å². The maximum absolute atomic E-state index is 12.3. The summed E-state index contributed by atoms with van der Waals surface area (Å²) >= 11 is 0. The summed E-state index contributed by atoms with van der Waals surface area (Å²) in [5.74, 6) is -0.201. The molecule has 6 nitrogen and oxygen atoms in total. The molecule has 1 N–H and O–H groups in total. The van der Waals surface area contributed by atoms with Gasteiger partial charge in [-0.05, 0) is 25.3 Å². The summed E-state index contributed by atoms with van der Waals surface area (Å²) in [5, 5.41) is 20.2. The average Bonchev–Trinajstić information content (AvgIpc) is 2.39. The molecular formula is C13H16N2O4. The molecule has 6 heteroatoms. The highest BCUT2D eigenvalue weighted by Crippen LogP contribution is 2.21. The third kappa shape index (κ3) is 2.90. The molecule has 1 fully saturated rings. The highest BCUT2D eigenvalue weighted by Gasteiger charge is 2.24. The van der Waals surface area contributed by atoms with Crippen LogP contribution in [0, 0.1) is 17.0 Å². The maximum Gasteiger partial charge on any atom is 0.270 e. The molecule has 0 aliphatic carbocycles. The van der Waals surface area contributed by atoms with E-state index in [1.54, 1.807) is 17.9 Å². The van der Waals surface area contributed by atoms with Crippen molar-refractivity contribution in [2.75, 3.05) is 13.1 Å². The SMILES string of the molecule is Cc1ccc([N+](=O)[O-])cc1C(=O)N1CCC(O)CC1. The monoisotopic (exact) mass is 264 g/mol.